The van der Waals surface area contributed by atoms with Gasteiger partial charge in [0.2, 0.25) is 5.91 Å². The topological polar surface area (TPSA) is 71.3 Å². The molecule has 1 aliphatic carbocycles. The maximum Gasteiger partial charge on any atom is 0.286 e. The van der Waals surface area contributed by atoms with Crippen LogP contribution in [-0.4, -0.2) is 24.4 Å². The highest BCUT2D eigenvalue weighted by Crippen LogP contribution is 2.23. The highest BCUT2D eigenvalue weighted by atomic mass is 16.3. The number of carbonyl (C=O) groups is 2. The number of nitrogens with one attached hydrogen (secondary N) is 2. The zero-order chi connectivity index (χ0) is 14.4. The van der Waals surface area contributed by atoms with Gasteiger partial charge in [0.1, 0.15) is 0 Å². The van der Waals surface area contributed by atoms with Crippen LogP contribution in [0, 0.1) is 5.92 Å². The van der Waals surface area contributed by atoms with Gasteiger partial charge in [-0.3, -0.25) is 9.59 Å². The van der Waals surface area contributed by atoms with Crippen LogP contribution in [-0.2, 0) is 4.79 Å². The van der Waals surface area contributed by atoms with Crippen LogP contribution < -0.4 is 10.6 Å². The van der Waals surface area contributed by atoms with Gasteiger partial charge < -0.3 is 15.1 Å². The van der Waals surface area contributed by atoms with Gasteiger partial charge in [-0.25, -0.2) is 0 Å². The summed E-state index contributed by atoms with van der Waals surface area (Å²) in [6.07, 6.45) is 6.44. The van der Waals surface area contributed by atoms with Crippen molar-refractivity contribution in [3.8, 4) is 0 Å². The van der Waals surface area contributed by atoms with Crippen LogP contribution in [0.5, 0.6) is 0 Å². The van der Waals surface area contributed by atoms with Crippen molar-refractivity contribution >= 4 is 11.8 Å². The summed E-state index contributed by atoms with van der Waals surface area (Å²) >= 11 is 0. The van der Waals surface area contributed by atoms with E-state index in [2.05, 4.69) is 17.6 Å². The third kappa shape index (κ3) is 4.11. The normalized spacial score (nSPS) is 22.2. The summed E-state index contributed by atoms with van der Waals surface area (Å²) in [4.78, 5) is 23.4. The fourth-order valence-electron chi connectivity index (χ4n) is 2.59. The van der Waals surface area contributed by atoms with E-state index in [1.807, 2.05) is 0 Å². The minimum Gasteiger partial charge on any atom is -0.459 e. The van der Waals surface area contributed by atoms with Gasteiger partial charge >= 0.3 is 0 Å². The van der Waals surface area contributed by atoms with Crippen molar-refractivity contribution in [1.29, 1.82) is 0 Å². The summed E-state index contributed by atoms with van der Waals surface area (Å²) in [5, 5.41) is 5.73. The Morgan fingerprint density at radius 2 is 2.15 bits per heavy atom. The Balaban J connectivity index is 1.66. The van der Waals surface area contributed by atoms with Crippen molar-refractivity contribution in [3.63, 3.8) is 0 Å². The van der Waals surface area contributed by atoms with E-state index in [1.165, 1.54) is 25.5 Å². The molecule has 0 saturated heterocycles. The second-order valence-corrected chi connectivity index (χ2v) is 5.42. The Labute approximate surface area is 119 Å². The van der Waals surface area contributed by atoms with Crippen LogP contribution in [0.2, 0.25) is 0 Å². The minimum atomic E-state index is -0.283. The number of amides is 2. The van der Waals surface area contributed by atoms with Crippen LogP contribution in [0.25, 0.3) is 0 Å². The maximum atomic E-state index is 11.8. The number of furan rings is 1. The standard InChI is InChI=1S/C15H22N2O3/c1-11-5-2-3-6-12(11)17-14(18)8-9-16-15(19)13-7-4-10-20-13/h4,7,10-12H,2-3,5-6,8-9H2,1H3,(H,16,19)(H,17,18). The second-order valence-electron chi connectivity index (χ2n) is 5.42. The van der Waals surface area contributed by atoms with E-state index in [1.54, 1.807) is 12.1 Å². The third-order valence-electron chi connectivity index (χ3n) is 3.84. The van der Waals surface area contributed by atoms with Crippen molar-refractivity contribution in [3.05, 3.63) is 24.2 Å². The van der Waals surface area contributed by atoms with Crippen molar-refractivity contribution < 1.29 is 14.0 Å². The molecular formula is C15H22N2O3. The zero-order valence-electron chi connectivity index (χ0n) is 11.9. The zero-order valence-corrected chi connectivity index (χ0v) is 11.9. The van der Waals surface area contributed by atoms with Crippen molar-refractivity contribution in [2.45, 2.75) is 45.1 Å². The fraction of sp³-hybridized carbons (Fsp3) is 0.600. The average Bonchev–Trinajstić information content (AvgIpc) is 2.95. The lowest BCUT2D eigenvalue weighted by Crippen LogP contribution is -2.42. The van der Waals surface area contributed by atoms with Crippen LogP contribution >= 0.6 is 0 Å². The number of rotatable bonds is 5. The summed E-state index contributed by atoms with van der Waals surface area (Å²) in [5.74, 6) is 0.536. The molecule has 1 aromatic rings. The van der Waals surface area contributed by atoms with E-state index in [4.69, 9.17) is 4.42 Å². The van der Waals surface area contributed by atoms with Gasteiger partial charge in [-0.05, 0) is 30.9 Å². The highest BCUT2D eigenvalue weighted by Gasteiger charge is 2.22. The third-order valence-corrected chi connectivity index (χ3v) is 3.84. The monoisotopic (exact) mass is 278 g/mol. The molecule has 2 N–H and O–H groups in total. The molecule has 5 nitrogen and oxygen atoms in total. The number of hydrogen-bond acceptors (Lipinski definition) is 3. The summed E-state index contributed by atoms with van der Waals surface area (Å²) in [6, 6.07) is 3.54. The summed E-state index contributed by atoms with van der Waals surface area (Å²) < 4.78 is 4.98. The molecule has 2 rings (SSSR count). The van der Waals surface area contributed by atoms with Gasteiger partial charge in [0.25, 0.3) is 5.91 Å². The van der Waals surface area contributed by atoms with E-state index >= 15 is 0 Å². The predicted octanol–water partition coefficient (Wildman–Crippen LogP) is 2.09. The van der Waals surface area contributed by atoms with E-state index in [9.17, 15) is 9.59 Å². The molecular weight excluding hydrogens is 256 g/mol. The molecule has 20 heavy (non-hydrogen) atoms. The molecule has 1 aromatic heterocycles. The smallest absolute Gasteiger partial charge is 0.286 e. The molecule has 0 bridgehead atoms. The SMILES string of the molecule is CC1CCCCC1NC(=O)CCNC(=O)c1ccco1. The molecule has 1 saturated carbocycles. The lowest BCUT2D eigenvalue weighted by atomic mass is 9.86. The second kappa shape index (κ2) is 7.12. The van der Waals surface area contributed by atoms with Gasteiger partial charge in [-0.15, -0.1) is 0 Å². The summed E-state index contributed by atoms with van der Waals surface area (Å²) in [7, 11) is 0. The van der Waals surface area contributed by atoms with Crippen LogP contribution in [0.3, 0.4) is 0 Å². The minimum absolute atomic E-state index is 0.00324. The van der Waals surface area contributed by atoms with E-state index in [0.29, 0.717) is 18.9 Å². The van der Waals surface area contributed by atoms with Crippen molar-refractivity contribution in [1.82, 2.24) is 10.6 Å². The Hall–Kier alpha value is -1.78. The molecule has 110 valence electrons. The largest absolute Gasteiger partial charge is 0.459 e. The quantitative estimate of drug-likeness (QED) is 0.866. The first kappa shape index (κ1) is 14.6. The van der Waals surface area contributed by atoms with Crippen LogP contribution in [0.15, 0.2) is 22.8 Å². The molecule has 0 aliphatic heterocycles. The first-order valence-corrected chi connectivity index (χ1v) is 7.28. The summed E-state index contributed by atoms with van der Waals surface area (Å²) in [5.41, 5.74) is 0. The fourth-order valence-corrected chi connectivity index (χ4v) is 2.59. The van der Waals surface area contributed by atoms with Crippen molar-refractivity contribution in [2.75, 3.05) is 6.54 Å². The summed E-state index contributed by atoms with van der Waals surface area (Å²) in [6.45, 7) is 2.51. The van der Waals surface area contributed by atoms with Gasteiger partial charge in [0.05, 0.1) is 6.26 Å². The molecule has 0 aromatic carbocycles. The molecule has 5 heteroatoms. The Morgan fingerprint density at radius 1 is 1.35 bits per heavy atom. The lowest BCUT2D eigenvalue weighted by molar-refractivity contribution is -0.122. The van der Waals surface area contributed by atoms with Crippen LogP contribution in [0.1, 0.15) is 49.6 Å². The molecule has 2 atom stereocenters. The predicted molar refractivity (Wildman–Crippen MR) is 75.2 cm³/mol. The Morgan fingerprint density at radius 3 is 2.85 bits per heavy atom. The number of carbonyl (C=O) groups excluding carboxylic acids is 2. The molecule has 1 fully saturated rings. The molecule has 1 heterocycles. The first-order valence-electron chi connectivity index (χ1n) is 7.28. The van der Waals surface area contributed by atoms with Gasteiger partial charge in [-0.1, -0.05) is 19.8 Å². The number of hydrogen-bond donors (Lipinski definition) is 2. The van der Waals surface area contributed by atoms with Gasteiger partial charge in [-0.2, -0.15) is 0 Å². The van der Waals surface area contributed by atoms with Gasteiger partial charge in [0.15, 0.2) is 5.76 Å². The van der Waals surface area contributed by atoms with E-state index in [-0.39, 0.29) is 23.6 Å². The Bertz CT molecular complexity index is 442. The molecule has 2 amide bonds. The van der Waals surface area contributed by atoms with Crippen molar-refractivity contribution in [2.24, 2.45) is 5.92 Å². The highest BCUT2D eigenvalue weighted by molar-refractivity contribution is 5.91. The average molecular weight is 278 g/mol. The lowest BCUT2D eigenvalue weighted by Gasteiger charge is -2.29. The van der Waals surface area contributed by atoms with E-state index in [0.717, 1.165) is 6.42 Å². The Kier molecular flexibility index (Phi) is 5.21. The molecule has 1 aliphatic rings. The molecule has 0 radical (unpaired) electrons. The van der Waals surface area contributed by atoms with Crippen LogP contribution in [0.4, 0.5) is 0 Å². The molecule has 2 unspecified atom stereocenters. The van der Waals surface area contributed by atoms with E-state index < -0.39 is 0 Å². The molecule has 0 spiro atoms. The maximum absolute atomic E-state index is 11.8. The first-order chi connectivity index (χ1) is 9.66. The van der Waals surface area contributed by atoms with Gasteiger partial charge in [0, 0.05) is 19.0 Å².